The van der Waals surface area contributed by atoms with Crippen molar-refractivity contribution in [2.75, 3.05) is 13.2 Å². The van der Waals surface area contributed by atoms with Crippen LogP contribution in [0.4, 0.5) is 0 Å². The van der Waals surface area contributed by atoms with Crippen molar-refractivity contribution in [1.29, 1.82) is 0 Å². The molecule has 2 aliphatic rings. The molecular formula is C18H27NO. The second-order valence-corrected chi connectivity index (χ2v) is 6.37. The van der Waals surface area contributed by atoms with Gasteiger partial charge in [-0.1, -0.05) is 31.2 Å². The lowest BCUT2D eigenvalue weighted by Crippen LogP contribution is -2.27. The van der Waals surface area contributed by atoms with E-state index >= 15 is 0 Å². The fourth-order valence-electron chi connectivity index (χ4n) is 3.80. The van der Waals surface area contributed by atoms with Crippen molar-refractivity contribution in [3.63, 3.8) is 0 Å². The van der Waals surface area contributed by atoms with E-state index < -0.39 is 0 Å². The van der Waals surface area contributed by atoms with Gasteiger partial charge in [0.25, 0.3) is 0 Å². The third kappa shape index (κ3) is 3.24. The van der Waals surface area contributed by atoms with Crippen LogP contribution >= 0.6 is 0 Å². The number of ether oxygens (including phenoxy) is 1. The van der Waals surface area contributed by atoms with Gasteiger partial charge < -0.3 is 10.1 Å². The molecule has 1 aromatic carbocycles. The highest BCUT2D eigenvalue weighted by Crippen LogP contribution is 2.37. The normalized spacial score (nSPS) is 29.4. The van der Waals surface area contributed by atoms with E-state index in [9.17, 15) is 0 Å². The van der Waals surface area contributed by atoms with Gasteiger partial charge in [-0.3, -0.25) is 0 Å². The van der Waals surface area contributed by atoms with Gasteiger partial charge in [0.05, 0.1) is 12.7 Å². The molecule has 1 aliphatic carbocycles. The molecule has 1 heterocycles. The van der Waals surface area contributed by atoms with Crippen LogP contribution in [0, 0.1) is 5.92 Å². The first kappa shape index (κ1) is 14.1. The van der Waals surface area contributed by atoms with E-state index in [0.29, 0.717) is 6.10 Å². The van der Waals surface area contributed by atoms with Gasteiger partial charge in [0, 0.05) is 6.04 Å². The Morgan fingerprint density at radius 2 is 2.15 bits per heavy atom. The van der Waals surface area contributed by atoms with E-state index in [4.69, 9.17) is 4.74 Å². The molecule has 1 aliphatic heterocycles. The van der Waals surface area contributed by atoms with Crippen molar-refractivity contribution in [1.82, 2.24) is 5.32 Å². The second-order valence-electron chi connectivity index (χ2n) is 6.37. The van der Waals surface area contributed by atoms with Crippen LogP contribution < -0.4 is 5.32 Å². The standard InChI is InChI=1S/C18H27NO/c1-2-10-19-16-8-7-14(12-16)13-18-17-6-4-3-5-15(17)9-11-20-18/h3-6,14,16,18-19H,2,7-13H2,1H3. The van der Waals surface area contributed by atoms with Crippen molar-refractivity contribution in [2.24, 2.45) is 5.92 Å². The fraction of sp³-hybridized carbons (Fsp3) is 0.667. The van der Waals surface area contributed by atoms with E-state index in [1.165, 1.54) is 49.8 Å². The predicted octanol–water partition coefficient (Wildman–Crippen LogP) is 3.86. The molecule has 0 saturated heterocycles. The van der Waals surface area contributed by atoms with Gasteiger partial charge in [-0.25, -0.2) is 0 Å². The molecule has 1 fully saturated rings. The maximum atomic E-state index is 6.06. The van der Waals surface area contributed by atoms with Crippen LogP contribution in [0.1, 0.15) is 56.3 Å². The molecule has 20 heavy (non-hydrogen) atoms. The highest BCUT2D eigenvalue weighted by Gasteiger charge is 2.29. The Morgan fingerprint density at radius 1 is 1.25 bits per heavy atom. The lowest BCUT2D eigenvalue weighted by Gasteiger charge is -2.28. The molecule has 1 saturated carbocycles. The van der Waals surface area contributed by atoms with E-state index in [-0.39, 0.29) is 0 Å². The molecule has 0 aromatic heterocycles. The Morgan fingerprint density at radius 3 is 3.05 bits per heavy atom. The maximum Gasteiger partial charge on any atom is 0.0830 e. The zero-order valence-electron chi connectivity index (χ0n) is 12.6. The molecule has 110 valence electrons. The fourth-order valence-corrected chi connectivity index (χ4v) is 3.80. The number of hydrogen-bond acceptors (Lipinski definition) is 2. The topological polar surface area (TPSA) is 21.3 Å². The molecule has 3 unspecified atom stereocenters. The van der Waals surface area contributed by atoms with E-state index in [1.807, 2.05) is 0 Å². The lowest BCUT2D eigenvalue weighted by atomic mass is 9.90. The summed E-state index contributed by atoms with van der Waals surface area (Å²) in [4.78, 5) is 0. The van der Waals surface area contributed by atoms with Gasteiger partial charge in [-0.2, -0.15) is 0 Å². The Balaban J connectivity index is 1.57. The monoisotopic (exact) mass is 273 g/mol. The average Bonchev–Trinajstić information content (AvgIpc) is 2.93. The summed E-state index contributed by atoms with van der Waals surface area (Å²) in [5.41, 5.74) is 2.95. The molecule has 3 rings (SSSR count). The number of benzene rings is 1. The van der Waals surface area contributed by atoms with Crippen LogP contribution in [0.3, 0.4) is 0 Å². The number of rotatable bonds is 5. The zero-order chi connectivity index (χ0) is 13.8. The van der Waals surface area contributed by atoms with Crippen LogP contribution in [0.25, 0.3) is 0 Å². The molecule has 0 spiro atoms. The Kier molecular flexibility index (Phi) is 4.74. The molecule has 0 radical (unpaired) electrons. The maximum absolute atomic E-state index is 6.06. The van der Waals surface area contributed by atoms with Crippen molar-refractivity contribution < 1.29 is 4.74 Å². The molecular weight excluding hydrogens is 246 g/mol. The van der Waals surface area contributed by atoms with Gasteiger partial charge in [-0.15, -0.1) is 0 Å². The molecule has 0 bridgehead atoms. The summed E-state index contributed by atoms with van der Waals surface area (Å²) in [7, 11) is 0. The average molecular weight is 273 g/mol. The first-order chi connectivity index (χ1) is 9.86. The largest absolute Gasteiger partial charge is 0.373 e. The van der Waals surface area contributed by atoms with E-state index in [1.54, 1.807) is 0 Å². The molecule has 1 N–H and O–H groups in total. The molecule has 3 atom stereocenters. The first-order valence-electron chi connectivity index (χ1n) is 8.29. The van der Waals surface area contributed by atoms with E-state index in [2.05, 4.69) is 36.5 Å². The summed E-state index contributed by atoms with van der Waals surface area (Å²) >= 11 is 0. The van der Waals surface area contributed by atoms with Crippen LogP contribution in [0.2, 0.25) is 0 Å². The summed E-state index contributed by atoms with van der Waals surface area (Å²) in [5, 5.41) is 3.68. The SMILES string of the molecule is CCCNC1CCC(CC2OCCc3ccccc32)C1. The number of hydrogen-bond donors (Lipinski definition) is 1. The Bertz CT molecular complexity index is 431. The Labute approximate surface area is 122 Å². The minimum absolute atomic E-state index is 0.342. The second kappa shape index (κ2) is 6.73. The summed E-state index contributed by atoms with van der Waals surface area (Å²) < 4.78 is 6.06. The van der Waals surface area contributed by atoms with Gasteiger partial charge >= 0.3 is 0 Å². The molecule has 1 aromatic rings. The third-order valence-corrected chi connectivity index (χ3v) is 4.86. The van der Waals surface area contributed by atoms with Gasteiger partial charge in [-0.05, 0) is 62.1 Å². The number of nitrogens with one attached hydrogen (secondary N) is 1. The quantitative estimate of drug-likeness (QED) is 0.879. The van der Waals surface area contributed by atoms with Crippen LogP contribution in [0.5, 0.6) is 0 Å². The lowest BCUT2D eigenvalue weighted by molar-refractivity contribution is 0.0256. The van der Waals surface area contributed by atoms with Crippen molar-refractivity contribution in [3.8, 4) is 0 Å². The first-order valence-corrected chi connectivity index (χ1v) is 8.29. The van der Waals surface area contributed by atoms with Crippen LogP contribution in [0.15, 0.2) is 24.3 Å². The van der Waals surface area contributed by atoms with Gasteiger partial charge in [0.1, 0.15) is 0 Å². The summed E-state index contributed by atoms with van der Waals surface area (Å²) in [5.74, 6) is 0.834. The van der Waals surface area contributed by atoms with E-state index in [0.717, 1.165) is 25.0 Å². The van der Waals surface area contributed by atoms with Crippen molar-refractivity contribution in [2.45, 2.75) is 57.6 Å². The highest BCUT2D eigenvalue weighted by atomic mass is 16.5. The van der Waals surface area contributed by atoms with Crippen molar-refractivity contribution in [3.05, 3.63) is 35.4 Å². The highest BCUT2D eigenvalue weighted by molar-refractivity contribution is 5.30. The summed E-state index contributed by atoms with van der Waals surface area (Å²) in [6.45, 7) is 4.30. The number of fused-ring (bicyclic) bond motifs is 1. The van der Waals surface area contributed by atoms with Crippen LogP contribution in [-0.2, 0) is 11.2 Å². The third-order valence-electron chi connectivity index (χ3n) is 4.86. The van der Waals surface area contributed by atoms with Gasteiger partial charge in [0.2, 0.25) is 0 Å². The minimum atomic E-state index is 0.342. The zero-order valence-corrected chi connectivity index (χ0v) is 12.6. The van der Waals surface area contributed by atoms with Crippen LogP contribution in [-0.4, -0.2) is 19.2 Å². The smallest absolute Gasteiger partial charge is 0.0830 e. The van der Waals surface area contributed by atoms with Gasteiger partial charge in [0.15, 0.2) is 0 Å². The summed E-state index contributed by atoms with van der Waals surface area (Å²) in [6.07, 6.45) is 7.92. The molecule has 0 amide bonds. The molecule has 2 nitrogen and oxygen atoms in total. The Hall–Kier alpha value is -0.860. The summed E-state index contributed by atoms with van der Waals surface area (Å²) in [6, 6.07) is 9.59. The van der Waals surface area contributed by atoms with Crippen molar-refractivity contribution >= 4 is 0 Å². The predicted molar refractivity (Wildman–Crippen MR) is 82.9 cm³/mol. The minimum Gasteiger partial charge on any atom is -0.373 e. The molecule has 2 heteroatoms.